The number of carbonyl (C=O) groups is 1. The summed E-state index contributed by atoms with van der Waals surface area (Å²) in [5, 5.41) is 1.83. The molecule has 2 atom stereocenters. The molecule has 2 fully saturated rings. The van der Waals surface area contributed by atoms with Crippen molar-refractivity contribution in [3.8, 4) is 0 Å². The number of ether oxygens (including phenoxy) is 1. The molecule has 126 valence electrons. The van der Waals surface area contributed by atoms with Crippen LogP contribution in [0.1, 0.15) is 35.3 Å². The van der Waals surface area contributed by atoms with Gasteiger partial charge in [-0.25, -0.2) is 4.98 Å². The molecule has 1 aromatic heterocycles. The van der Waals surface area contributed by atoms with Gasteiger partial charge in [-0.05, 0) is 37.2 Å². The highest BCUT2D eigenvalue weighted by Crippen LogP contribution is 2.32. The topological polar surface area (TPSA) is 42.4 Å². The first-order chi connectivity index (χ1) is 11.8. The van der Waals surface area contributed by atoms with Gasteiger partial charge in [-0.3, -0.25) is 4.79 Å². The van der Waals surface area contributed by atoms with Crippen molar-refractivity contribution in [2.75, 3.05) is 13.2 Å². The van der Waals surface area contributed by atoms with Crippen LogP contribution in [0.15, 0.2) is 41.2 Å². The first-order valence-electron chi connectivity index (χ1n) is 8.66. The Morgan fingerprint density at radius 3 is 2.79 bits per heavy atom. The number of hydrogen-bond acceptors (Lipinski definition) is 4. The van der Waals surface area contributed by atoms with Gasteiger partial charge >= 0.3 is 0 Å². The molecule has 1 aliphatic carbocycles. The molecule has 0 spiro atoms. The van der Waals surface area contributed by atoms with Gasteiger partial charge in [0.15, 0.2) is 0 Å². The highest BCUT2D eigenvalue weighted by atomic mass is 32.1. The van der Waals surface area contributed by atoms with Gasteiger partial charge in [0.05, 0.1) is 17.7 Å². The molecular weight excluding hydrogens is 320 g/mol. The second kappa shape index (κ2) is 7.03. The van der Waals surface area contributed by atoms with Crippen LogP contribution in [0, 0.1) is 5.92 Å². The number of thiazole rings is 1. The Kier molecular flexibility index (Phi) is 4.63. The maximum Gasteiger partial charge on any atom is 0.273 e. The van der Waals surface area contributed by atoms with Crippen LogP contribution in [-0.2, 0) is 11.2 Å². The monoisotopic (exact) mass is 342 g/mol. The van der Waals surface area contributed by atoms with Crippen molar-refractivity contribution in [1.82, 2.24) is 9.88 Å². The molecule has 1 aromatic carbocycles. The maximum absolute atomic E-state index is 12.8. The van der Waals surface area contributed by atoms with Crippen LogP contribution in [0.4, 0.5) is 0 Å². The predicted molar refractivity (Wildman–Crippen MR) is 94.2 cm³/mol. The van der Waals surface area contributed by atoms with Gasteiger partial charge in [0, 0.05) is 18.5 Å². The summed E-state index contributed by atoms with van der Waals surface area (Å²) in [6.07, 6.45) is 4.47. The summed E-state index contributed by atoms with van der Waals surface area (Å²) < 4.78 is 6.20. The quantitative estimate of drug-likeness (QED) is 0.808. The Bertz CT molecular complexity index is 670. The molecule has 0 bridgehead atoms. The smallest absolute Gasteiger partial charge is 0.273 e. The zero-order valence-electron chi connectivity index (χ0n) is 13.6. The van der Waals surface area contributed by atoms with E-state index in [-0.39, 0.29) is 18.1 Å². The standard InChI is InChI=1S/C19H22N2O2S/c22-19(16-12-24-13-20-16)21-9-8-18(23-11-15-6-7-15)17(21)10-14-4-2-1-3-5-14/h1-5,12-13,15,17-18H,6-11H2/t17-,18-/m0/s1. The van der Waals surface area contributed by atoms with Gasteiger partial charge in [-0.1, -0.05) is 30.3 Å². The highest BCUT2D eigenvalue weighted by Gasteiger charge is 2.39. The molecule has 1 saturated heterocycles. The molecule has 4 rings (SSSR count). The van der Waals surface area contributed by atoms with Crippen LogP contribution in [0.2, 0.25) is 0 Å². The van der Waals surface area contributed by atoms with Gasteiger partial charge in [0.1, 0.15) is 5.69 Å². The van der Waals surface area contributed by atoms with Crippen molar-refractivity contribution >= 4 is 17.2 Å². The summed E-state index contributed by atoms with van der Waals surface area (Å²) in [4.78, 5) is 19.0. The molecule has 0 radical (unpaired) electrons. The summed E-state index contributed by atoms with van der Waals surface area (Å²) in [5.74, 6) is 0.778. The fourth-order valence-corrected chi connectivity index (χ4v) is 3.90. The molecule has 0 unspecified atom stereocenters. The van der Waals surface area contributed by atoms with E-state index in [2.05, 4.69) is 29.2 Å². The van der Waals surface area contributed by atoms with Crippen molar-refractivity contribution in [1.29, 1.82) is 0 Å². The average Bonchev–Trinajstić information content (AvgIpc) is 3.12. The zero-order chi connectivity index (χ0) is 16.4. The van der Waals surface area contributed by atoms with E-state index in [1.807, 2.05) is 16.3 Å². The molecule has 24 heavy (non-hydrogen) atoms. The number of nitrogens with zero attached hydrogens (tertiary/aromatic N) is 2. The Morgan fingerprint density at radius 1 is 1.25 bits per heavy atom. The lowest BCUT2D eigenvalue weighted by atomic mass is 10.0. The van der Waals surface area contributed by atoms with E-state index in [1.54, 1.807) is 5.51 Å². The largest absolute Gasteiger partial charge is 0.376 e. The molecule has 5 heteroatoms. The minimum Gasteiger partial charge on any atom is -0.376 e. The number of likely N-dealkylation sites (tertiary alicyclic amines) is 1. The van der Waals surface area contributed by atoms with Crippen molar-refractivity contribution in [2.24, 2.45) is 5.92 Å². The minimum absolute atomic E-state index is 0.0368. The maximum atomic E-state index is 12.8. The van der Waals surface area contributed by atoms with Crippen LogP contribution in [0.5, 0.6) is 0 Å². The fraction of sp³-hybridized carbons (Fsp3) is 0.474. The Morgan fingerprint density at radius 2 is 2.08 bits per heavy atom. The van der Waals surface area contributed by atoms with Gasteiger partial charge < -0.3 is 9.64 Å². The Labute approximate surface area is 146 Å². The third-order valence-electron chi connectivity index (χ3n) is 4.93. The highest BCUT2D eigenvalue weighted by molar-refractivity contribution is 7.07. The summed E-state index contributed by atoms with van der Waals surface area (Å²) in [5.41, 5.74) is 3.53. The number of amides is 1. The fourth-order valence-electron chi connectivity index (χ4n) is 3.38. The third kappa shape index (κ3) is 3.52. The average molecular weight is 342 g/mol. The van der Waals surface area contributed by atoms with Gasteiger partial charge in [-0.2, -0.15) is 0 Å². The third-order valence-corrected chi connectivity index (χ3v) is 5.51. The number of aromatic nitrogens is 1. The van der Waals surface area contributed by atoms with Crippen LogP contribution in [-0.4, -0.2) is 41.1 Å². The summed E-state index contributed by atoms with van der Waals surface area (Å²) in [7, 11) is 0. The lowest BCUT2D eigenvalue weighted by molar-refractivity contribution is 0.0199. The number of carbonyl (C=O) groups excluding carboxylic acids is 1. The van der Waals surface area contributed by atoms with E-state index in [9.17, 15) is 4.79 Å². The second-order valence-electron chi connectivity index (χ2n) is 6.73. The lowest BCUT2D eigenvalue weighted by Gasteiger charge is -2.28. The Hall–Kier alpha value is -1.72. The van der Waals surface area contributed by atoms with E-state index in [0.29, 0.717) is 5.69 Å². The molecule has 1 amide bonds. The zero-order valence-corrected chi connectivity index (χ0v) is 14.5. The molecule has 0 N–H and O–H groups in total. The first kappa shape index (κ1) is 15.8. The second-order valence-corrected chi connectivity index (χ2v) is 7.45. The normalized spacial score (nSPS) is 23.6. The number of benzene rings is 1. The van der Waals surface area contributed by atoms with Crippen LogP contribution in [0.25, 0.3) is 0 Å². The Balaban J connectivity index is 1.51. The van der Waals surface area contributed by atoms with Crippen LogP contribution < -0.4 is 0 Å². The molecule has 1 aliphatic heterocycles. The van der Waals surface area contributed by atoms with Gasteiger partial charge in [-0.15, -0.1) is 11.3 Å². The molecular formula is C19H22N2O2S. The van der Waals surface area contributed by atoms with Crippen LogP contribution in [0.3, 0.4) is 0 Å². The lowest BCUT2D eigenvalue weighted by Crippen LogP contribution is -2.42. The van der Waals surface area contributed by atoms with Crippen molar-refractivity contribution < 1.29 is 9.53 Å². The van der Waals surface area contributed by atoms with E-state index < -0.39 is 0 Å². The van der Waals surface area contributed by atoms with Crippen molar-refractivity contribution in [2.45, 2.75) is 37.8 Å². The van der Waals surface area contributed by atoms with Gasteiger partial charge in [0.2, 0.25) is 0 Å². The molecule has 1 saturated carbocycles. The number of rotatable bonds is 6. The van der Waals surface area contributed by atoms with E-state index in [4.69, 9.17) is 4.74 Å². The molecule has 2 aromatic rings. The minimum atomic E-state index is 0.0368. The first-order valence-corrected chi connectivity index (χ1v) is 9.60. The van der Waals surface area contributed by atoms with E-state index >= 15 is 0 Å². The predicted octanol–water partition coefficient (Wildman–Crippen LogP) is 3.40. The van der Waals surface area contributed by atoms with Crippen LogP contribution >= 0.6 is 11.3 Å². The van der Waals surface area contributed by atoms with E-state index in [1.165, 1.54) is 29.7 Å². The molecule has 2 heterocycles. The van der Waals surface area contributed by atoms with Crippen molar-refractivity contribution in [3.05, 3.63) is 52.5 Å². The van der Waals surface area contributed by atoms with Crippen molar-refractivity contribution in [3.63, 3.8) is 0 Å². The summed E-state index contributed by atoms with van der Waals surface area (Å²) >= 11 is 1.47. The van der Waals surface area contributed by atoms with Gasteiger partial charge in [0.25, 0.3) is 5.91 Å². The SMILES string of the molecule is O=C(c1cscn1)N1CC[C@H](OCC2CC2)[C@@H]1Cc1ccccc1. The summed E-state index contributed by atoms with van der Waals surface area (Å²) in [6, 6.07) is 10.5. The molecule has 2 aliphatic rings. The number of hydrogen-bond donors (Lipinski definition) is 0. The van der Waals surface area contributed by atoms with E-state index in [0.717, 1.165) is 31.9 Å². The summed E-state index contributed by atoms with van der Waals surface area (Å²) in [6.45, 7) is 1.60. The molecule has 4 nitrogen and oxygen atoms in total.